The van der Waals surface area contributed by atoms with Crippen LogP contribution in [0, 0.1) is 0 Å². The molecule has 0 radical (unpaired) electrons. The standard InChI is InChI=1S/C25H32N2O3/c1-4-17-26-23(8-6-7-20-13-15-22(30-3)16-14-20)24(28)27(25(26)29)18-21-11-9-19(5-2)10-12-21/h9-16,23H,4-8,17-18H2,1-3H3. The number of benzene rings is 2. The van der Waals surface area contributed by atoms with Gasteiger partial charge < -0.3 is 9.64 Å². The lowest BCUT2D eigenvalue weighted by atomic mass is 10.0. The van der Waals surface area contributed by atoms with Crippen LogP contribution >= 0.6 is 0 Å². The summed E-state index contributed by atoms with van der Waals surface area (Å²) in [6.07, 6.45) is 4.23. The maximum Gasteiger partial charge on any atom is 0.327 e. The van der Waals surface area contributed by atoms with Crippen LogP contribution in [0.25, 0.3) is 0 Å². The minimum absolute atomic E-state index is 0.0669. The third-order valence-electron chi connectivity index (χ3n) is 5.74. The molecule has 3 rings (SSSR count). The lowest BCUT2D eigenvalue weighted by Crippen LogP contribution is -2.35. The highest BCUT2D eigenvalue weighted by Crippen LogP contribution is 2.25. The molecule has 0 N–H and O–H groups in total. The highest BCUT2D eigenvalue weighted by atomic mass is 16.5. The van der Waals surface area contributed by atoms with E-state index in [1.165, 1.54) is 16.0 Å². The maximum atomic E-state index is 13.1. The van der Waals surface area contributed by atoms with Crippen molar-refractivity contribution < 1.29 is 14.3 Å². The van der Waals surface area contributed by atoms with Crippen LogP contribution in [-0.2, 0) is 24.2 Å². The second kappa shape index (κ2) is 10.3. The molecule has 1 heterocycles. The molecule has 1 atom stereocenters. The van der Waals surface area contributed by atoms with Crippen molar-refractivity contribution in [3.05, 3.63) is 65.2 Å². The normalized spacial score (nSPS) is 16.4. The summed E-state index contributed by atoms with van der Waals surface area (Å²) in [4.78, 5) is 29.3. The Hall–Kier alpha value is -2.82. The van der Waals surface area contributed by atoms with E-state index >= 15 is 0 Å². The Morgan fingerprint density at radius 2 is 1.53 bits per heavy atom. The Kier molecular flexibility index (Phi) is 7.50. The molecular formula is C25H32N2O3. The number of aryl methyl sites for hydroxylation is 2. The average Bonchev–Trinajstić information content (AvgIpc) is 2.99. The van der Waals surface area contributed by atoms with E-state index < -0.39 is 0 Å². The summed E-state index contributed by atoms with van der Waals surface area (Å²) in [6.45, 7) is 5.11. The van der Waals surface area contributed by atoms with E-state index in [9.17, 15) is 9.59 Å². The smallest absolute Gasteiger partial charge is 0.327 e. The predicted octanol–water partition coefficient (Wildman–Crippen LogP) is 4.82. The summed E-state index contributed by atoms with van der Waals surface area (Å²) in [5, 5.41) is 0. The van der Waals surface area contributed by atoms with E-state index in [2.05, 4.69) is 31.2 Å². The Morgan fingerprint density at radius 3 is 2.13 bits per heavy atom. The Bertz CT molecular complexity index is 846. The van der Waals surface area contributed by atoms with Gasteiger partial charge in [-0.1, -0.05) is 50.2 Å². The second-order valence-electron chi connectivity index (χ2n) is 7.83. The lowest BCUT2D eigenvalue weighted by Gasteiger charge is -2.21. The van der Waals surface area contributed by atoms with E-state index in [1.54, 1.807) is 12.0 Å². The fraction of sp³-hybridized carbons (Fsp3) is 0.440. The number of ether oxygens (including phenoxy) is 1. The minimum atomic E-state index is -0.356. The number of carbonyl (C=O) groups excluding carboxylic acids is 2. The molecule has 30 heavy (non-hydrogen) atoms. The molecule has 0 saturated carbocycles. The van der Waals surface area contributed by atoms with Gasteiger partial charge in [-0.15, -0.1) is 0 Å². The zero-order valence-electron chi connectivity index (χ0n) is 18.3. The number of rotatable bonds is 10. The molecule has 2 aromatic rings. The molecule has 1 saturated heterocycles. The van der Waals surface area contributed by atoms with Gasteiger partial charge in [0, 0.05) is 6.54 Å². The van der Waals surface area contributed by atoms with Crippen molar-refractivity contribution in [2.24, 2.45) is 0 Å². The lowest BCUT2D eigenvalue weighted by molar-refractivity contribution is -0.128. The zero-order valence-corrected chi connectivity index (χ0v) is 18.3. The minimum Gasteiger partial charge on any atom is -0.497 e. The van der Waals surface area contributed by atoms with E-state index in [1.807, 2.05) is 31.2 Å². The molecule has 2 aromatic carbocycles. The zero-order chi connectivity index (χ0) is 21.5. The molecule has 3 amide bonds. The number of amides is 3. The van der Waals surface area contributed by atoms with Gasteiger partial charge in [-0.05, 0) is 60.9 Å². The van der Waals surface area contributed by atoms with Crippen LogP contribution in [0.2, 0.25) is 0 Å². The monoisotopic (exact) mass is 408 g/mol. The number of nitrogens with zero attached hydrogens (tertiary/aromatic N) is 2. The Morgan fingerprint density at radius 1 is 0.900 bits per heavy atom. The number of imide groups is 1. The van der Waals surface area contributed by atoms with Crippen LogP contribution in [0.5, 0.6) is 5.75 Å². The fourth-order valence-corrected chi connectivity index (χ4v) is 3.97. The van der Waals surface area contributed by atoms with Gasteiger partial charge in [0.25, 0.3) is 5.91 Å². The summed E-state index contributed by atoms with van der Waals surface area (Å²) in [7, 11) is 1.66. The van der Waals surface area contributed by atoms with Gasteiger partial charge in [0.15, 0.2) is 0 Å². The molecule has 0 spiro atoms. The Balaban J connectivity index is 1.64. The van der Waals surface area contributed by atoms with E-state index in [-0.39, 0.29) is 18.0 Å². The van der Waals surface area contributed by atoms with E-state index in [4.69, 9.17) is 4.74 Å². The highest BCUT2D eigenvalue weighted by molar-refractivity contribution is 6.04. The van der Waals surface area contributed by atoms with Crippen LogP contribution < -0.4 is 4.74 Å². The third kappa shape index (κ3) is 5.02. The number of hydrogen-bond donors (Lipinski definition) is 0. The number of urea groups is 1. The summed E-state index contributed by atoms with van der Waals surface area (Å²) in [5.41, 5.74) is 3.45. The number of hydrogen-bond acceptors (Lipinski definition) is 3. The van der Waals surface area contributed by atoms with Crippen molar-refractivity contribution >= 4 is 11.9 Å². The first-order valence-corrected chi connectivity index (χ1v) is 10.9. The molecule has 0 bridgehead atoms. The van der Waals surface area contributed by atoms with Crippen molar-refractivity contribution in [2.75, 3.05) is 13.7 Å². The quantitative estimate of drug-likeness (QED) is 0.530. The van der Waals surface area contributed by atoms with Gasteiger partial charge in [0.2, 0.25) is 0 Å². The van der Waals surface area contributed by atoms with Gasteiger partial charge in [-0.3, -0.25) is 9.69 Å². The predicted molar refractivity (Wildman–Crippen MR) is 118 cm³/mol. The number of methoxy groups -OCH3 is 1. The highest BCUT2D eigenvalue weighted by Gasteiger charge is 2.43. The van der Waals surface area contributed by atoms with Crippen molar-refractivity contribution in [2.45, 2.75) is 58.5 Å². The average molecular weight is 409 g/mol. The van der Waals surface area contributed by atoms with E-state index in [0.29, 0.717) is 19.5 Å². The molecule has 1 unspecified atom stereocenters. The summed E-state index contributed by atoms with van der Waals surface area (Å²) in [5.74, 6) is 0.773. The van der Waals surface area contributed by atoms with Crippen LogP contribution in [0.4, 0.5) is 4.79 Å². The SMILES string of the molecule is CCCN1C(=O)N(Cc2ccc(CC)cc2)C(=O)C1CCCc1ccc(OC)cc1. The summed E-state index contributed by atoms with van der Waals surface area (Å²) < 4.78 is 5.20. The molecular weight excluding hydrogens is 376 g/mol. The molecule has 1 aliphatic heterocycles. The van der Waals surface area contributed by atoms with Crippen LogP contribution in [-0.4, -0.2) is 41.4 Å². The van der Waals surface area contributed by atoms with Gasteiger partial charge in [-0.25, -0.2) is 4.79 Å². The summed E-state index contributed by atoms with van der Waals surface area (Å²) in [6, 6.07) is 15.7. The van der Waals surface area contributed by atoms with Crippen LogP contribution in [0.3, 0.4) is 0 Å². The van der Waals surface area contributed by atoms with Gasteiger partial charge in [-0.2, -0.15) is 0 Å². The van der Waals surface area contributed by atoms with Crippen molar-refractivity contribution in [3.8, 4) is 5.75 Å². The second-order valence-corrected chi connectivity index (χ2v) is 7.83. The topological polar surface area (TPSA) is 49.9 Å². The molecule has 5 heteroatoms. The summed E-state index contributed by atoms with van der Waals surface area (Å²) >= 11 is 0. The molecule has 0 aliphatic carbocycles. The fourth-order valence-electron chi connectivity index (χ4n) is 3.97. The molecule has 1 aliphatic rings. The van der Waals surface area contributed by atoms with Crippen molar-refractivity contribution in [1.82, 2.24) is 9.80 Å². The van der Waals surface area contributed by atoms with E-state index in [0.717, 1.165) is 37.0 Å². The molecule has 1 fully saturated rings. The number of carbonyl (C=O) groups is 2. The van der Waals surface area contributed by atoms with Gasteiger partial charge >= 0.3 is 6.03 Å². The molecule has 160 valence electrons. The first-order chi connectivity index (χ1) is 14.6. The Labute approximate surface area is 179 Å². The van der Waals surface area contributed by atoms with Crippen molar-refractivity contribution in [3.63, 3.8) is 0 Å². The largest absolute Gasteiger partial charge is 0.497 e. The first kappa shape index (κ1) is 21.9. The van der Waals surface area contributed by atoms with Gasteiger partial charge in [0.05, 0.1) is 13.7 Å². The van der Waals surface area contributed by atoms with Crippen LogP contribution in [0.15, 0.2) is 48.5 Å². The maximum absolute atomic E-state index is 13.1. The first-order valence-electron chi connectivity index (χ1n) is 10.9. The van der Waals surface area contributed by atoms with Crippen molar-refractivity contribution in [1.29, 1.82) is 0 Å². The molecule has 0 aromatic heterocycles. The van der Waals surface area contributed by atoms with Gasteiger partial charge in [0.1, 0.15) is 11.8 Å². The molecule has 5 nitrogen and oxygen atoms in total. The third-order valence-corrected chi connectivity index (χ3v) is 5.74. The van der Waals surface area contributed by atoms with Crippen LogP contribution in [0.1, 0.15) is 49.8 Å².